The molecule has 0 saturated carbocycles. The fourth-order valence-corrected chi connectivity index (χ4v) is 2.47. The summed E-state index contributed by atoms with van der Waals surface area (Å²) in [7, 11) is 0. The molecular weight excluding hydrogens is 254 g/mol. The lowest BCUT2D eigenvalue weighted by atomic mass is 9.92. The van der Waals surface area contributed by atoms with Crippen LogP contribution in [-0.4, -0.2) is 26.2 Å². The third-order valence-electron chi connectivity index (χ3n) is 3.91. The molecule has 0 aliphatic rings. The minimum absolute atomic E-state index is 0.436. The highest BCUT2D eigenvalue weighted by Gasteiger charge is 2.31. The summed E-state index contributed by atoms with van der Waals surface area (Å²) in [5.74, 6) is 0.0212. The predicted molar refractivity (Wildman–Crippen MR) is 78.5 cm³/mol. The van der Waals surface area contributed by atoms with Gasteiger partial charge in [0.2, 0.25) is 0 Å². The van der Waals surface area contributed by atoms with Crippen LogP contribution in [0.4, 0.5) is 0 Å². The smallest absolute Gasteiger partial charge is 0.323 e. The third-order valence-corrected chi connectivity index (χ3v) is 3.91. The zero-order valence-electron chi connectivity index (χ0n) is 12.0. The van der Waals surface area contributed by atoms with Gasteiger partial charge >= 0.3 is 5.97 Å². The van der Waals surface area contributed by atoms with Crippen molar-refractivity contribution in [2.24, 2.45) is 5.73 Å². The van der Waals surface area contributed by atoms with Gasteiger partial charge in [-0.15, -0.1) is 0 Å². The molecule has 2 rings (SSSR count). The number of carboxylic acid groups (broad SMARTS) is 1. The van der Waals surface area contributed by atoms with Crippen LogP contribution in [0.25, 0.3) is 11.0 Å². The summed E-state index contributed by atoms with van der Waals surface area (Å²) in [4.78, 5) is 15.7. The number of para-hydroxylation sites is 2. The zero-order valence-corrected chi connectivity index (χ0v) is 12.0. The van der Waals surface area contributed by atoms with E-state index in [0.717, 1.165) is 29.8 Å². The van der Waals surface area contributed by atoms with Crippen molar-refractivity contribution in [2.45, 2.75) is 45.2 Å². The van der Waals surface area contributed by atoms with Gasteiger partial charge in [0.15, 0.2) is 0 Å². The highest BCUT2D eigenvalue weighted by Crippen LogP contribution is 2.19. The van der Waals surface area contributed by atoms with Gasteiger partial charge in [0, 0.05) is 6.54 Å². The molecule has 5 nitrogen and oxygen atoms in total. The number of hydrogen-bond donors (Lipinski definition) is 2. The summed E-state index contributed by atoms with van der Waals surface area (Å²) < 4.78 is 2.12. The van der Waals surface area contributed by atoms with Gasteiger partial charge < -0.3 is 15.4 Å². The fraction of sp³-hybridized carbons (Fsp3) is 0.467. The van der Waals surface area contributed by atoms with Crippen molar-refractivity contribution in [3.63, 3.8) is 0 Å². The van der Waals surface area contributed by atoms with E-state index in [1.54, 1.807) is 0 Å². The van der Waals surface area contributed by atoms with Crippen molar-refractivity contribution in [3.8, 4) is 0 Å². The monoisotopic (exact) mass is 275 g/mol. The second-order valence-electron chi connectivity index (χ2n) is 5.22. The molecule has 1 aromatic carbocycles. The standard InChI is InChI=1S/C15H21N3O2/c1-3-15(16,14(19)20)9-6-10-18-11(2)17-12-7-4-5-8-13(12)18/h4-5,7-8H,3,6,9-10,16H2,1-2H3,(H,19,20). The normalized spacial score (nSPS) is 14.3. The van der Waals surface area contributed by atoms with E-state index in [1.165, 1.54) is 0 Å². The van der Waals surface area contributed by atoms with Crippen LogP contribution in [0.15, 0.2) is 24.3 Å². The van der Waals surface area contributed by atoms with Crippen molar-refractivity contribution in [2.75, 3.05) is 0 Å². The topological polar surface area (TPSA) is 81.1 Å². The van der Waals surface area contributed by atoms with Crippen molar-refractivity contribution in [1.29, 1.82) is 0 Å². The van der Waals surface area contributed by atoms with Crippen LogP contribution in [0, 0.1) is 6.92 Å². The Balaban J connectivity index is 2.10. The summed E-state index contributed by atoms with van der Waals surface area (Å²) in [6, 6.07) is 7.96. The number of nitrogens with zero attached hydrogens (tertiary/aromatic N) is 2. The molecule has 1 aromatic heterocycles. The Labute approximate surface area is 118 Å². The van der Waals surface area contributed by atoms with E-state index in [4.69, 9.17) is 5.73 Å². The molecule has 2 aromatic rings. The maximum atomic E-state index is 11.2. The predicted octanol–water partition coefficient (Wildman–Crippen LogP) is 2.32. The summed E-state index contributed by atoms with van der Waals surface area (Å²) >= 11 is 0. The molecule has 3 N–H and O–H groups in total. The highest BCUT2D eigenvalue weighted by atomic mass is 16.4. The van der Waals surface area contributed by atoms with Crippen molar-refractivity contribution < 1.29 is 9.90 Å². The van der Waals surface area contributed by atoms with Gasteiger partial charge in [-0.3, -0.25) is 4.79 Å². The number of rotatable bonds is 6. The number of aliphatic carboxylic acids is 1. The molecular formula is C15H21N3O2. The Hall–Kier alpha value is -1.88. The summed E-state index contributed by atoms with van der Waals surface area (Å²) in [5, 5.41) is 9.17. The fourth-order valence-electron chi connectivity index (χ4n) is 2.47. The maximum Gasteiger partial charge on any atom is 0.323 e. The molecule has 108 valence electrons. The van der Waals surface area contributed by atoms with Crippen molar-refractivity contribution in [1.82, 2.24) is 9.55 Å². The quantitative estimate of drug-likeness (QED) is 0.847. The molecule has 20 heavy (non-hydrogen) atoms. The zero-order chi connectivity index (χ0) is 14.8. The number of aryl methyl sites for hydroxylation is 2. The molecule has 0 aliphatic heterocycles. The van der Waals surface area contributed by atoms with Crippen LogP contribution in [0.5, 0.6) is 0 Å². The first-order valence-electron chi connectivity index (χ1n) is 6.92. The van der Waals surface area contributed by atoms with Crippen LogP contribution in [-0.2, 0) is 11.3 Å². The number of fused-ring (bicyclic) bond motifs is 1. The summed E-state index contributed by atoms with van der Waals surface area (Å²) in [6.45, 7) is 4.51. The van der Waals surface area contributed by atoms with E-state index in [2.05, 4.69) is 9.55 Å². The van der Waals surface area contributed by atoms with Gasteiger partial charge in [-0.05, 0) is 38.3 Å². The average Bonchev–Trinajstić information content (AvgIpc) is 2.74. The molecule has 1 heterocycles. The first-order chi connectivity index (χ1) is 9.48. The van der Waals surface area contributed by atoms with E-state index in [-0.39, 0.29) is 0 Å². The second-order valence-corrected chi connectivity index (χ2v) is 5.22. The summed E-state index contributed by atoms with van der Waals surface area (Å²) in [5.41, 5.74) is 6.84. The lowest BCUT2D eigenvalue weighted by molar-refractivity contribution is -0.143. The van der Waals surface area contributed by atoms with E-state index < -0.39 is 11.5 Å². The number of benzene rings is 1. The molecule has 1 atom stereocenters. The van der Waals surface area contributed by atoms with Gasteiger partial charge in [-0.25, -0.2) is 4.98 Å². The van der Waals surface area contributed by atoms with E-state index >= 15 is 0 Å². The van der Waals surface area contributed by atoms with Crippen LogP contribution in [0.2, 0.25) is 0 Å². The van der Waals surface area contributed by atoms with Gasteiger partial charge in [-0.1, -0.05) is 19.1 Å². The Bertz CT molecular complexity index is 621. The van der Waals surface area contributed by atoms with Gasteiger partial charge in [-0.2, -0.15) is 0 Å². The average molecular weight is 275 g/mol. The van der Waals surface area contributed by atoms with Crippen LogP contribution < -0.4 is 5.73 Å². The lowest BCUT2D eigenvalue weighted by Crippen LogP contribution is -2.47. The molecule has 0 bridgehead atoms. The number of nitrogens with two attached hydrogens (primary N) is 1. The highest BCUT2D eigenvalue weighted by molar-refractivity contribution is 5.78. The first kappa shape index (κ1) is 14.5. The largest absolute Gasteiger partial charge is 0.480 e. The SMILES string of the molecule is CCC(N)(CCCn1c(C)nc2ccccc21)C(=O)O. The summed E-state index contributed by atoms with van der Waals surface area (Å²) in [6.07, 6.45) is 1.62. The van der Waals surface area contributed by atoms with Crippen molar-refractivity contribution >= 4 is 17.0 Å². The molecule has 0 radical (unpaired) electrons. The third kappa shape index (κ3) is 2.67. The maximum absolute atomic E-state index is 11.2. The molecule has 5 heteroatoms. The molecule has 0 aliphatic carbocycles. The van der Waals surface area contributed by atoms with Crippen LogP contribution in [0.3, 0.4) is 0 Å². The molecule has 0 saturated heterocycles. The minimum atomic E-state index is -1.12. The van der Waals surface area contributed by atoms with E-state index in [9.17, 15) is 9.90 Å². The number of carbonyl (C=O) groups is 1. The molecule has 0 fully saturated rings. The Kier molecular flexibility index (Phi) is 4.09. The molecule has 1 unspecified atom stereocenters. The number of aromatic nitrogens is 2. The number of carboxylic acids is 1. The van der Waals surface area contributed by atoms with E-state index in [0.29, 0.717) is 12.8 Å². The van der Waals surface area contributed by atoms with Crippen molar-refractivity contribution in [3.05, 3.63) is 30.1 Å². The second kappa shape index (κ2) is 5.63. The van der Waals surface area contributed by atoms with Crippen LogP contribution in [0.1, 0.15) is 32.0 Å². The minimum Gasteiger partial charge on any atom is -0.480 e. The molecule has 0 amide bonds. The van der Waals surface area contributed by atoms with Gasteiger partial charge in [0.05, 0.1) is 11.0 Å². The Morgan fingerprint density at radius 3 is 2.80 bits per heavy atom. The number of imidazole rings is 1. The van der Waals surface area contributed by atoms with Crippen LogP contribution >= 0.6 is 0 Å². The van der Waals surface area contributed by atoms with E-state index in [1.807, 2.05) is 38.1 Å². The Morgan fingerprint density at radius 2 is 2.15 bits per heavy atom. The Morgan fingerprint density at radius 1 is 1.45 bits per heavy atom. The lowest BCUT2D eigenvalue weighted by Gasteiger charge is -2.23. The number of hydrogen-bond acceptors (Lipinski definition) is 3. The van der Waals surface area contributed by atoms with Gasteiger partial charge in [0.1, 0.15) is 11.4 Å². The first-order valence-corrected chi connectivity index (χ1v) is 6.92. The van der Waals surface area contributed by atoms with Gasteiger partial charge in [0.25, 0.3) is 0 Å². The molecule has 0 spiro atoms.